The second kappa shape index (κ2) is 6.55. The van der Waals surface area contributed by atoms with Crippen LogP contribution in [0.25, 0.3) is 0 Å². The number of benzene rings is 1. The molecule has 0 aliphatic carbocycles. The summed E-state index contributed by atoms with van der Waals surface area (Å²) in [4.78, 5) is 1.41. The fourth-order valence-corrected chi connectivity index (χ4v) is 3.62. The highest BCUT2D eigenvalue weighted by molar-refractivity contribution is 7.10. The number of hydrogen-bond donors (Lipinski definition) is 1. The summed E-state index contributed by atoms with van der Waals surface area (Å²) in [5.74, 6) is 0. The highest BCUT2D eigenvalue weighted by atomic mass is 32.1. The maximum atomic E-state index is 3.72. The van der Waals surface area contributed by atoms with Gasteiger partial charge in [0.2, 0.25) is 0 Å². The van der Waals surface area contributed by atoms with Crippen LogP contribution in [0.1, 0.15) is 50.6 Å². The summed E-state index contributed by atoms with van der Waals surface area (Å²) < 4.78 is 0. The average molecular weight is 287 g/mol. The van der Waals surface area contributed by atoms with Crippen LogP contribution in [-0.4, -0.2) is 6.04 Å². The second-order valence-electron chi connectivity index (χ2n) is 6.26. The standard InChI is InChI=1S/C18H25NS/c1-14(19-15(2)17-11-8-12-20-17)13-18(3,4)16-9-6-5-7-10-16/h5-12,14-15,19H,13H2,1-4H3/t14?,15-/m0/s1. The zero-order valence-electron chi connectivity index (χ0n) is 12.9. The Bertz CT molecular complexity index is 501. The van der Waals surface area contributed by atoms with Crippen molar-refractivity contribution in [3.05, 3.63) is 58.3 Å². The van der Waals surface area contributed by atoms with Gasteiger partial charge < -0.3 is 5.32 Å². The fourth-order valence-electron chi connectivity index (χ4n) is 2.88. The van der Waals surface area contributed by atoms with Crippen molar-refractivity contribution in [2.45, 2.75) is 51.6 Å². The Balaban J connectivity index is 1.95. The Morgan fingerprint density at radius 2 is 1.75 bits per heavy atom. The van der Waals surface area contributed by atoms with E-state index in [4.69, 9.17) is 0 Å². The molecule has 0 bridgehead atoms. The minimum Gasteiger partial charge on any atom is -0.307 e. The van der Waals surface area contributed by atoms with Gasteiger partial charge in [-0.15, -0.1) is 11.3 Å². The molecule has 2 atom stereocenters. The first-order valence-corrected chi connectivity index (χ1v) is 8.22. The third-order valence-corrected chi connectivity index (χ3v) is 4.93. The van der Waals surface area contributed by atoms with E-state index in [-0.39, 0.29) is 5.41 Å². The van der Waals surface area contributed by atoms with Crippen LogP contribution in [-0.2, 0) is 5.41 Å². The molecule has 0 saturated carbocycles. The Kier molecular flexibility index (Phi) is 5.00. The Morgan fingerprint density at radius 3 is 2.35 bits per heavy atom. The van der Waals surface area contributed by atoms with Crippen molar-refractivity contribution in [2.24, 2.45) is 0 Å². The lowest BCUT2D eigenvalue weighted by atomic mass is 9.79. The summed E-state index contributed by atoms with van der Waals surface area (Å²) in [5, 5.41) is 5.86. The van der Waals surface area contributed by atoms with Crippen molar-refractivity contribution in [1.29, 1.82) is 0 Å². The first-order valence-electron chi connectivity index (χ1n) is 7.34. The Labute approximate surface area is 127 Å². The quantitative estimate of drug-likeness (QED) is 0.774. The molecule has 0 aliphatic rings. The predicted octanol–water partition coefficient (Wildman–Crippen LogP) is 5.16. The van der Waals surface area contributed by atoms with Crippen LogP contribution in [0.15, 0.2) is 47.8 Å². The molecule has 1 aromatic heterocycles. The van der Waals surface area contributed by atoms with E-state index >= 15 is 0 Å². The van der Waals surface area contributed by atoms with Gasteiger partial charge in [-0.25, -0.2) is 0 Å². The molecule has 20 heavy (non-hydrogen) atoms. The molecule has 0 spiro atoms. The Morgan fingerprint density at radius 1 is 1.05 bits per heavy atom. The van der Waals surface area contributed by atoms with Gasteiger partial charge in [-0.05, 0) is 42.7 Å². The SMILES string of the molecule is CC(CC(C)(C)c1ccccc1)N[C@@H](C)c1cccs1. The summed E-state index contributed by atoms with van der Waals surface area (Å²) in [6.07, 6.45) is 1.13. The third-order valence-electron chi connectivity index (χ3n) is 3.88. The van der Waals surface area contributed by atoms with Gasteiger partial charge in [0, 0.05) is 17.0 Å². The van der Waals surface area contributed by atoms with Crippen molar-refractivity contribution in [1.82, 2.24) is 5.32 Å². The van der Waals surface area contributed by atoms with Crippen LogP contribution in [0.2, 0.25) is 0 Å². The van der Waals surface area contributed by atoms with Crippen LogP contribution in [0, 0.1) is 0 Å². The normalized spacial score (nSPS) is 15.0. The minimum absolute atomic E-state index is 0.197. The van der Waals surface area contributed by atoms with Gasteiger partial charge >= 0.3 is 0 Å². The lowest BCUT2D eigenvalue weighted by Gasteiger charge is -2.30. The highest BCUT2D eigenvalue weighted by Gasteiger charge is 2.24. The average Bonchev–Trinajstić information content (AvgIpc) is 2.93. The molecule has 0 radical (unpaired) electrons. The van der Waals surface area contributed by atoms with E-state index in [1.54, 1.807) is 0 Å². The molecule has 0 amide bonds. The molecule has 1 N–H and O–H groups in total. The first-order chi connectivity index (χ1) is 9.49. The monoisotopic (exact) mass is 287 g/mol. The third kappa shape index (κ3) is 3.94. The van der Waals surface area contributed by atoms with E-state index < -0.39 is 0 Å². The van der Waals surface area contributed by atoms with Gasteiger partial charge in [0.1, 0.15) is 0 Å². The second-order valence-corrected chi connectivity index (χ2v) is 7.24. The van der Waals surface area contributed by atoms with E-state index in [0.717, 1.165) is 6.42 Å². The maximum Gasteiger partial charge on any atom is 0.0388 e. The zero-order chi connectivity index (χ0) is 14.6. The molecule has 2 rings (SSSR count). The van der Waals surface area contributed by atoms with Gasteiger partial charge in [-0.3, -0.25) is 0 Å². The summed E-state index contributed by atoms with van der Waals surface area (Å²) in [7, 11) is 0. The summed E-state index contributed by atoms with van der Waals surface area (Å²) in [5.41, 5.74) is 1.61. The molecule has 0 aliphatic heterocycles. The van der Waals surface area contributed by atoms with Crippen LogP contribution >= 0.6 is 11.3 Å². The van der Waals surface area contributed by atoms with Crippen LogP contribution < -0.4 is 5.32 Å². The summed E-state index contributed by atoms with van der Waals surface area (Å²) in [6.45, 7) is 9.19. The number of nitrogens with one attached hydrogen (secondary N) is 1. The van der Waals surface area contributed by atoms with E-state index in [0.29, 0.717) is 12.1 Å². The fraction of sp³-hybridized carbons (Fsp3) is 0.444. The molecule has 0 fully saturated rings. The Hall–Kier alpha value is -1.12. The van der Waals surface area contributed by atoms with Crippen molar-refractivity contribution < 1.29 is 0 Å². The largest absolute Gasteiger partial charge is 0.307 e. The molecular formula is C18H25NS. The predicted molar refractivity (Wildman–Crippen MR) is 89.4 cm³/mol. The first kappa shape index (κ1) is 15.3. The van der Waals surface area contributed by atoms with Gasteiger partial charge in [0.15, 0.2) is 0 Å². The van der Waals surface area contributed by atoms with Gasteiger partial charge in [-0.1, -0.05) is 50.2 Å². The summed E-state index contributed by atoms with van der Waals surface area (Å²) in [6, 6.07) is 16.0. The van der Waals surface area contributed by atoms with E-state index in [1.165, 1.54) is 10.4 Å². The van der Waals surface area contributed by atoms with Crippen molar-refractivity contribution >= 4 is 11.3 Å². The molecule has 1 aromatic carbocycles. The van der Waals surface area contributed by atoms with Gasteiger partial charge in [-0.2, -0.15) is 0 Å². The lowest BCUT2D eigenvalue weighted by Crippen LogP contribution is -2.34. The van der Waals surface area contributed by atoms with Crippen LogP contribution in [0.4, 0.5) is 0 Å². The van der Waals surface area contributed by atoms with Gasteiger partial charge in [0.25, 0.3) is 0 Å². The number of rotatable bonds is 6. The molecule has 2 heteroatoms. The molecule has 2 aromatic rings. The van der Waals surface area contributed by atoms with E-state index in [2.05, 4.69) is 80.9 Å². The van der Waals surface area contributed by atoms with Crippen LogP contribution in [0.5, 0.6) is 0 Å². The van der Waals surface area contributed by atoms with E-state index in [9.17, 15) is 0 Å². The van der Waals surface area contributed by atoms with E-state index in [1.807, 2.05) is 11.3 Å². The molecule has 1 heterocycles. The molecule has 108 valence electrons. The topological polar surface area (TPSA) is 12.0 Å². The molecule has 0 saturated heterocycles. The zero-order valence-corrected chi connectivity index (χ0v) is 13.7. The van der Waals surface area contributed by atoms with Crippen molar-refractivity contribution in [3.63, 3.8) is 0 Å². The molecule has 1 nitrogen and oxygen atoms in total. The highest BCUT2D eigenvalue weighted by Crippen LogP contribution is 2.29. The number of hydrogen-bond acceptors (Lipinski definition) is 2. The molecule has 1 unspecified atom stereocenters. The lowest BCUT2D eigenvalue weighted by molar-refractivity contribution is 0.367. The maximum absolute atomic E-state index is 3.72. The van der Waals surface area contributed by atoms with Gasteiger partial charge in [0.05, 0.1) is 0 Å². The minimum atomic E-state index is 0.197. The van der Waals surface area contributed by atoms with Crippen molar-refractivity contribution in [3.8, 4) is 0 Å². The number of thiophene rings is 1. The smallest absolute Gasteiger partial charge is 0.0388 e. The van der Waals surface area contributed by atoms with Crippen molar-refractivity contribution in [2.75, 3.05) is 0 Å². The molecular weight excluding hydrogens is 262 g/mol. The summed E-state index contributed by atoms with van der Waals surface area (Å²) >= 11 is 1.82. The van der Waals surface area contributed by atoms with Crippen LogP contribution in [0.3, 0.4) is 0 Å².